The highest BCUT2D eigenvalue weighted by atomic mass is 16.5. The van der Waals surface area contributed by atoms with E-state index in [9.17, 15) is 9.59 Å². The zero-order valence-corrected chi connectivity index (χ0v) is 17.0. The summed E-state index contributed by atoms with van der Waals surface area (Å²) in [4.78, 5) is 32.2. The van der Waals surface area contributed by atoms with Crippen LogP contribution in [0.15, 0.2) is 59.7 Å². The Labute approximate surface area is 174 Å². The highest BCUT2D eigenvalue weighted by Crippen LogP contribution is 2.16. The van der Waals surface area contributed by atoms with Gasteiger partial charge in [0.15, 0.2) is 0 Å². The molecule has 0 radical (unpaired) electrons. The largest absolute Gasteiger partial charge is 0.497 e. The predicted octanol–water partition coefficient (Wildman–Crippen LogP) is 2.57. The Morgan fingerprint density at radius 1 is 1.27 bits per heavy atom. The molecule has 1 fully saturated rings. The van der Waals surface area contributed by atoms with Crippen LogP contribution in [0, 0.1) is 0 Å². The molecule has 30 heavy (non-hydrogen) atoms. The summed E-state index contributed by atoms with van der Waals surface area (Å²) in [5.41, 5.74) is 1.33. The summed E-state index contributed by atoms with van der Waals surface area (Å²) in [6.45, 7) is 1.67. The lowest BCUT2D eigenvalue weighted by molar-refractivity contribution is 0.0527. The monoisotopic (exact) mass is 407 g/mol. The normalized spacial score (nSPS) is 16.0. The average molecular weight is 407 g/mol. The van der Waals surface area contributed by atoms with Gasteiger partial charge >= 0.3 is 0 Å². The highest BCUT2D eigenvalue weighted by molar-refractivity contribution is 5.93. The van der Waals surface area contributed by atoms with E-state index in [1.807, 2.05) is 30.3 Å². The van der Waals surface area contributed by atoms with Gasteiger partial charge in [0.25, 0.3) is 11.5 Å². The van der Waals surface area contributed by atoms with Crippen LogP contribution in [0.2, 0.25) is 0 Å². The first-order valence-electron chi connectivity index (χ1n) is 10.2. The van der Waals surface area contributed by atoms with Gasteiger partial charge in [-0.25, -0.2) is 4.98 Å². The highest BCUT2D eigenvalue weighted by Gasteiger charge is 2.25. The molecule has 7 heteroatoms. The van der Waals surface area contributed by atoms with Crippen molar-refractivity contribution in [2.75, 3.05) is 26.8 Å². The van der Waals surface area contributed by atoms with E-state index in [1.165, 1.54) is 10.6 Å². The molecule has 0 saturated carbocycles. The van der Waals surface area contributed by atoms with Crippen LogP contribution in [0.5, 0.6) is 5.75 Å². The molecular weight excluding hydrogens is 382 g/mol. The maximum Gasteiger partial charge on any atom is 0.270 e. The van der Waals surface area contributed by atoms with Crippen molar-refractivity contribution in [3.63, 3.8) is 0 Å². The SMILES string of the molecule is COc1ccc(CCN(CC2CCCO2)C(=O)c2cnc3ccccn3c2=O)cc1. The number of hydrogen-bond donors (Lipinski definition) is 0. The van der Waals surface area contributed by atoms with E-state index in [1.54, 1.807) is 30.3 Å². The fourth-order valence-corrected chi connectivity index (χ4v) is 3.71. The van der Waals surface area contributed by atoms with E-state index in [0.717, 1.165) is 24.2 Å². The molecule has 3 aromatic rings. The molecule has 0 spiro atoms. The van der Waals surface area contributed by atoms with Crippen LogP contribution in [0.3, 0.4) is 0 Å². The molecule has 0 aliphatic carbocycles. The van der Waals surface area contributed by atoms with Crippen molar-refractivity contribution >= 4 is 11.6 Å². The van der Waals surface area contributed by atoms with Crippen molar-refractivity contribution in [1.82, 2.24) is 14.3 Å². The Bertz CT molecular complexity index is 1070. The van der Waals surface area contributed by atoms with Crippen molar-refractivity contribution in [2.24, 2.45) is 0 Å². The van der Waals surface area contributed by atoms with Crippen LogP contribution in [0.1, 0.15) is 28.8 Å². The number of ether oxygens (including phenoxy) is 2. The number of rotatable bonds is 7. The molecule has 0 bridgehead atoms. The lowest BCUT2D eigenvalue weighted by Crippen LogP contribution is -2.41. The number of fused-ring (bicyclic) bond motifs is 1. The van der Waals surface area contributed by atoms with Gasteiger partial charge in [-0.2, -0.15) is 0 Å². The quantitative estimate of drug-likeness (QED) is 0.602. The molecule has 1 atom stereocenters. The topological polar surface area (TPSA) is 73.1 Å². The predicted molar refractivity (Wildman–Crippen MR) is 113 cm³/mol. The Kier molecular flexibility index (Phi) is 6.09. The molecule has 3 heterocycles. The molecule has 7 nitrogen and oxygen atoms in total. The molecule has 1 aromatic carbocycles. The summed E-state index contributed by atoms with van der Waals surface area (Å²) in [5, 5.41) is 0. The first kappa shape index (κ1) is 20.1. The van der Waals surface area contributed by atoms with Gasteiger partial charge in [-0.1, -0.05) is 18.2 Å². The lowest BCUT2D eigenvalue weighted by atomic mass is 10.1. The molecule has 1 amide bonds. The Morgan fingerprint density at radius 2 is 2.10 bits per heavy atom. The molecule has 1 saturated heterocycles. The van der Waals surface area contributed by atoms with Gasteiger partial charge in [-0.15, -0.1) is 0 Å². The summed E-state index contributed by atoms with van der Waals surface area (Å²) in [5.74, 6) is 0.482. The molecule has 1 aliphatic heterocycles. The van der Waals surface area contributed by atoms with Crippen LogP contribution in [-0.4, -0.2) is 53.1 Å². The summed E-state index contributed by atoms with van der Waals surface area (Å²) in [6, 6.07) is 13.1. The van der Waals surface area contributed by atoms with Crippen molar-refractivity contribution in [1.29, 1.82) is 0 Å². The van der Waals surface area contributed by atoms with Crippen LogP contribution < -0.4 is 10.3 Å². The van der Waals surface area contributed by atoms with Gasteiger partial charge in [0.05, 0.1) is 13.2 Å². The number of hydrogen-bond acceptors (Lipinski definition) is 5. The fraction of sp³-hybridized carbons (Fsp3) is 0.348. The zero-order valence-electron chi connectivity index (χ0n) is 17.0. The standard InChI is InChI=1S/C23H25N3O4/c1-29-18-9-7-17(8-10-18)11-13-25(16-19-5-4-14-30-19)22(27)20-15-24-21-6-2-3-12-26(21)23(20)28/h2-3,6-10,12,15,19H,4-5,11,13-14,16H2,1H3. The molecule has 1 aliphatic rings. The first-order valence-corrected chi connectivity index (χ1v) is 10.2. The van der Waals surface area contributed by atoms with Gasteiger partial charge in [-0.3, -0.25) is 14.0 Å². The minimum Gasteiger partial charge on any atom is -0.497 e. The van der Waals surface area contributed by atoms with E-state index in [-0.39, 0.29) is 23.1 Å². The second-order valence-electron chi connectivity index (χ2n) is 7.39. The number of methoxy groups -OCH3 is 1. The number of carbonyl (C=O) groups is 1. The van der Waals surface area contributed by atoms with Gasteiger partial charge in [0.1, 0.15) is 17.0 Å². The van der Waals surface area contributed by atoms with Gasteiger partial charge < -0.3 is 14.4 Å². The van der Waals surface area contributed by atoms with Crippen molar-refractivity contribution in [2.45, 2.75) is 25.4 Å². The maximum atomic E-state index is 13.3. The third kappa shape index (κ3) is 4.36. The van der Waals surface area contributed by atoms with E-state index in [0.29, 0.717) is 31.8 Å². The summed E-state index contributed by atoms with van der Waals surface area (Å²) >= 11 is 0. The van der Waals surface area contributed by atoms with Gasteiger partial charge in [0.2, 0.25) is 0 Å². The lowest BCUT2D eigenvalue weighted by Gasteiger charge is -2.25. The van der Waals surface area contributed by atoms with E-state index < -0.39 is 0 Å². The van der Waals surface area contributed by atoms with Crippen molar-refractivity contribution < 1.29 is 14.3 Å². The van der Waals surface area contributed by atoms with Crippen molar-refractivity contribution in [3.05, 3.63) is 76.3 Å². The Hall–Kier alpha value is -3.19. The Morgan fingerprint density at radius 3 is 2.83 bits per heavy atom. The van der Waals surface area contributed by atoms with E-state index >= 15 is 0 Å². The molecule has 156 valence electrons. The molecular formula is C23H25N3O4. The number of nitrogens with zero attached hydrogens (tertiary/aromatic N) is 3. The number of carbonyl (C=O) groups excluding carboxylic acids is 1. The minimum absolute atomic E-state index is 0.000915. The summed E-state index contributed by atoms with van der Waals surface area (Å²) in [7, 11) is 1.63. The molecule has 2 aromatic heterocycles. The second kappa shape index (κ2) is 9.09. The van der Waals surface area contributed by atoms with Crippen LogP contribution >= 0.6 is 0 Å². The van der Waals surface area contributed by atoms with Gasteiger partial charge in [0, 0.05) is 32.1 Å². The van der Waals surface area contributed by atoms with Gasteiger partial charge in [-0.05, 0) is 49.1 Å². The number of pyridine rings is 1. The van der Waals surface area contributed by atoms with Crippen LogP contribution in [-0.2, 0) is 11.2 Å². The first-order chi connectivity index (χ1) is 14.7. The van der Waals surface area contributed by atoms with E-state index in [4.69, 9.17) is 9.47 Å². The third-order valence-electron chi connectivity index (χ3n) is 5.41. The summed E-state index contributed by atoms with van der Waals surface area (Å²) in [6.07, 6.45) is 5.59. The number of benzene rings is 1. The molecule has 1 unspecified atom stereocenters. The van der Waals surface area contributed by atoms with Crippen LogP contribution in [0.25, 0.3) is 5.65 Å². The Balaban J connectivity index is 1.57. The fourth-order valence-electron chi connectivity index (χ4n) is 3.71. The minimum atomic E-state index is -0.354. The molecule has 0 N–H and O–H groups in total. The number of aromatic nitrogens is 2. The third-order valence-corrected chi connectivity index (χ3v) is 5.41. The summed E-state index contributed by atoms with van der Waals surface area (Å²) < 4.78 is 12.3. The zero-order chi connectivity index (χ0) is 20.9. The average Bonchev–Trinajstić information content (AvgIpc) is 3.30. The number of amides is 1. The van der Waals surface area contributed by atoms with E-state index in [2.05, 4.69) is 4.98 Å². The van der Waals surface area contributed by atoms with Crippen LogP contribution in [0.4, 0.5) is 0 Å². The maximum absolute atomic E-state index is 13.3. The van der Waals surface area contributed by atoms with Crippen molar-refractivity contribution in [3.8, 4) is 5.75 Å². The molecule has 4 rings (SSSR count). The smallest absolute Gasteiger partial charge is 0.270 e. The second-order valence-corrected chi connectivity index (χ2v) is 7.39.